The van der Waals surface area contributed by atoms with Crippen LogP contribution >= 0.6 is 0 Å². The van der Waals surface area contributed by atoms with Crippen LogP contribution in [0.2, 0.25) is 0 Å². The lowest BCUT2D eigenvalue weighted by molar-refractivity contribution is 0.0102. The van der Waals surface area contributed by atoms with Crippen molar-refractivity contribution < 1.29 is 13.5 Å². The van der Waals surface area contributed by atoms with E-state index < -0.39 is 11.6 Å². The van der Waals surface area contributed by atoms with Crippen LogP contribution in [0.15, 0.2) is 18.2 Å². The summed E-state index contributed by atoms with van der Waals surface area (Å²) in [6, 6.07) is 4.21. The molecule has 0 radical (unpaired) electrons. The number of nitrogens with one attached hydrogen (secondary N) is 1. The highest BCUT2D eigenvalue weighted by molar-refractivity contribution is 5.17. The molecule has 0 bridgehead atoms. The molecule has 0 spiro atoms. The minimum atomic E-state index is -0.549. The summed E-state index contributed by atoms with van der Waals surface area (Å²) >= 11 is 0. The average molecular weight is 269 g/mol. The van der Waals surface area contributed by atoms with Crippen LogP contribution < -0.4 is 5.32 Å². The molecule has 1 aromatic rings. The Hall–Kier alpha value is -1.00. The molecular formula is C15H21F2NO. The molecule has 0 aliphatic heterocycles. The molecule has 0 atom stereocenters. The number of ether oxygens (including phenoxy) is 1. The topological polar surface area (TPSA) is 21.3 Å². The second-order valence-electron chi connectivity index (χ2n) is 5.08. The Kier molecular flexibility index (Phi) is 5.28. The molecule has 0 amide bonds. The fourth-order valence-electron chi connectivity index (χ4n) is 2.57. The first kappa shape index (κ1) is 14.4. The first-order chi connectivity index (χ1) is 9.19. The lowest BCUT2D eigenvalue weighted by atomic mass is 9.93. The third kappa shape index (κ3) is 4.25. The van der Waals surface area contributed by atoms with E-state index in [1.165, 1.54) is 12.1 Å². The average Bonchev–Trinajstić information content (AvgIpc) is 2.40. The van der Waals surface area contributed by atoms with Crippen LogP contribution in [0.1, 0.15) is 38.2 Å². The summed E-state index contributed by atoms with van der Waals surface area (Å²) in [4.78, 5) is 0. The van der Waals surface area contributed by atoms with Crippen molar-refractivity contribution >= 4 is 0 Å². The van der Waals surface area contributed by atoms with Gasteiger partial charge in [0.05, 0.1) is 12.7 Å². The molecule has 0 unspecified atom stereocenters. The van der Waals surface area contributed by atoms with E-state index in [0.717, 1.165) is 38.3 Å². The van der Waals surface area contributed by atoms with Gasteiger partial charge >= 0.3 is 0 Å². The number of hydrogen-bond acceptors (Lipinski definition) is 2. The molecule has 1 aromatic carbocycles. The Labute approximate surface area is 113 Å². The number of halogens is 2. The Balaban J connectivity index is 1.77. The maximum Gasteiger partial charge on any atom is 0.131 e. The van der Waals surface area contributed by atoms with E-state index in [4.69, 9.17) is 4.74 Å². The summed E-state index contributed by atoms with van der Waals surface area (Å²) < 4.78 is 31.9. The number of benzene rings is 1. The summed E-state index contributed by atoms with van der Waals surface area (Å²) in [6.45, 7) is 3.33. The van der Waals surface area contributed by atoms with E-state index in [9.17, 15) is 8.78 Å². The van der Waals surface area contributed by atoms with Crippen LogP contribution in [0.5, 0.6) is 0 Å². The van der Waals surface area contributed by atoms with Crippen molar-refractivity contribution in [2.24, 2.45) is 0 Å². The van der Waals surface area contributed by atoms with Crippen LogP contribution in [0.25, 0.3) is 0 Å². The van der Waals surface area contributed by atoms with E-state index in [1.54, 1.807) is 0 Å². The predicted molar refractivity (Wildman–Crippen MR) is 70.9 cm³/mol. The molecule has 2 nitrogen and oxygen atoms in total. The fraction of sp³-hybridized carbons (Fsp3) is 0.600. The fourth-order valence-corrected chi connectivity index (χ4v) is 2.57. The summed E-state index contributed by atoms with van der Waals surface area (Å²) in [5, 5.41) is 3.44. The maximum absolute atomic E-state index is 13.4. The summed E-state index contributed by atoms with van der Waals surface area (Å²) in [6.07, 6.45) is 4.40. The third-order valence-electron chi connectivity index (χ3n) is 3.66. The molecule has 1 aliphatic carbocycles. The molecule has 0 saturated heterocycles. The standard InChI is InChI=1S/C15H21F2NO/c1-2-18-13-5-7-14(8-6-13)19-10-11-3-4-12(16)9-15(11)17/h3-4,9,13-14,18H,2,5-8,10H2,1H3. The van der Waals surface area contributed by atoms with Crippen molar-refractivity contribution in [3.8, 4) is 0 Å². The van der Waals surface area contributed by atoms with Gasteiger partial charge in [-0.15, -0.1) is 0 Å². The highest BCUT2D eigenvalue weighted by Gasteiger charge is 2.21. The van der Waals surface area contributed by atoms with Crippen LogP contribution in [0.4, 0.5) is 8.78 Å². The molecular weight excluding hydrogens is 248 g/mol. The van der Waals surface area contributed by atoms with Gasteiger partial charge in [0, 0.05) is 17.7 Å². The highest BCUT2D eigenvalue weighted by Crippen LogP contribution is 2.22. The Morgan fingerprint density at radius 2 is 1.95 bits per heavy atom. The highest BCUT2D eigenvalue weighted by atomic mass is 19.1. The van der Waals surface area contributed by atoms with E-state index in [0.29, 0.717) is 11.6 Å². The minimum Gasteiger partial charge on any atom is -0.373 e. The molecule has 4 heteroatoms. The zero-order valence-corrected chi connectivity index (χ0v) is 11.3. The van der Waals surface area contributed by atoms with Crippen molar-refractivity contribution in [3.63, 3.8) is 0 Å². The normalized spacial score (nSPS) is 23.5. The molecule has 0 heterocycles. The van der Waals surface area contributed by atoms with Crippen molar-refractivity contribution in [2.45, 2.75) is 51.4 Å². The second kappa shape index (κ2) is 6.96. The predicted octanol–water partition coefficient (Wildman–Crippen LogP) is 3.40. The maximum atomic E-state index is 13.4. The number of hydrogen-bond donors (Lipinski definition) is 1. The van der Waals surface area contributed by atoms with Crippen LogP contribution in [-0.2, 0) is 11.3 Å². The quantitative estimate of drug-likeness (QED) is 0.884. The summed E-state index contributed by atoms with van der Waals surface area (Å²) in [5.41, 5.74) is 0.426. The van der Waals surface area contributed by atoms with Gasteiger partial charge in [-0.1, -0.05) is 13.0 Å². The smallest absolute Gasteiger partial charge is 0.131 e. The zero-order chi connectivity index (χ0) is 13.7. The van der Waals surface area contributed by atoms with Gasteiger partial charge in [-0.3, -0.25) is 0 Å². The summed E-state index contributed by atoms with van der Waals surface area (Å²) in [7, 11) is 0. The van der Waals surface area contributed by atoms with Gasteiger partial charge in [-0.05, 0) is 38.3 Å². The van der Waals surface area contributed by atoms with Gasteiger partial charge < -0.3 is 10.1 Å². The van der Waals surface area contributed by atoms with Gasteiger partial charge in [0.1, 0.15) is 11.6 Å². The minimum absolute atomic E-state index is 0.194. The molecule has 19 heavy (non-hydrogen) atoms. The monoisotopic (exact) mass is 269 g/mol. The molecule has 1 N–H and O–H groups in total. The van der Waals surface area contributed by atoms with Crippen LogP contribution in [0.3, 0.4) is 0 Å². The zero-order valence-electron chi connectivity index (χ0n) is 11.3. The van der Waals surface area contributed by atoms with Crippen LogP contribution in [0, 0.1) is 11.6 Å². The Morgan fingerprint density at radius 3 is 2.58 bits per heavy atom. The van der Waals surface area contributed by atoms with Gasteiger partial charge in [0.2, 0.25) is 0 Å². The third-order valence-corrected chi connectivity index (χ3v) is 3.66. The molecule has 1 aliphatic rings. The number of rotatable bonds is 5. The van der Waals surface area contributed by atoms with Crippen molar-refractivity contribution in [1.29, 1.82) is 0 Å². The second-order valence-corrected chi connectivity index (χ2v) is 5.08. The van der Waals surface area contributed by atoms with Crippen LogP contribution in [-0.4, -0.2) is 18.7 Å². The van der Waals surface area contributed by atoms with Crippen molar-refractivity contribution in [1.82, 2.24) is 5.32 Å². The van der Waals surface area contributed by atoms with E-state index in [-0.39, 0.29) is 12.7 Å². The summed E-state index contributed by atoms with van der Waals surface area (Å²) in [5.74, 6) is -1.08. The Morgan fingerprint density at radius 1 is 1.21 bits per heavy atom. The van der Waals surface area contributed by atoms with Crippen molar-refractivity contribution in [3.05, 3.63) is 35.4 Å². The molecule has 1 saturated carbocycles. The van der Waals surface area contributed by atoms with Gasteiger partial charge in [0.15, 0.2) is 0 Å². The lowest BCUT2D eigenvalue weighted by Crippen LogP contribution is -2.35. The molecule has 106 valence electrons. The Bertz CT molecular complexity index is 403. The van der Waals surface area contributed by atoms with E-state index in [2.05, 4.69) is 12.2 Å². The van der Waals surface area contributed by atoms with E-state index >= 15 is 0 Å². The molecule has 1 fully saturated rings. The van der Waals surface area contributed by atoms with Gasteiger partial charge in [-0.2, -0.15) is 0 Å². The van der Waals surface area contributed by atoms with Crippen molar-refractivity contribution in [2.75, 3.05) is 6.54 Å². The first-order valence-corrected chi connectivity index (χ1v) is 6.98. The van der Waals surface area contributed by atoms with Gasteiger partial charge in [0.25, 0.3) is 0 Å². The van der Waals surface area contributed by atoms with Gasteiger partial charge in [-0.25, -0.2) is 8.78 Å². The molecule has 2 rings (SSSR count). The molecule has 0 aromatic heterocycles. The largest absolute Gasteiger partial charge is 0.373 e. The first-order valence-electron chi connectivity index (χ1n) is 6.98. The SMILES string of the molecule is CCNC1CCC(OCc2ccc(F)cc2F)CC1. The lowest BCUT2D eigenvalue weighted by Gasteiger charge is -2.29. The van der Waals surface area contributed by atoms with E-state index in [1.807, 2.05) is 0 Å².